The van der Waals surface area contributed by atoms with Crippen LogP contribution in [0.1, 0.15) is 43.9 Å². The molecule has 2 atom stereocenters. The highest BCUT2D eigenvalue weighted by Crippen LogP contribution is 2.25. The summed E-state index contributed by atoms with van der Waals surface area (Å²) in [7, 11) is 2.14. The van der Waals surface area contributed by atoms with Gasteiger partial charge in [-0.2, -0.15) is 0 Å². The van der Waals surface area contributed by atoms with E-state index in [0.29, 0.717) is 0 Å². The fourth-order valence-electron chi connectivity index (χ4n) is 3.24. The van der Waals surface area contributed by atoms with Gasteiger partial charge < -0.3 is 5.32 Å². The van der Waals surface area contributed by atoms with Crippen molar-refractivity contribution in [3.63, 3.8) is 0 Å². The molecule has 108 valence electrons. The second kappa shape index (κ2) is 8.03. The normalized spacial score (nSPS) is 24.6. The minimum Gasteiger partial charge on any atom is -0.317 e. The highest BCUT2D eigenvalue weighted by atomic mass is 32.1. The van der Waals surface area contributed by atoms with Crippen LogP contribution in [-0.2, 0) is 6.54 Å². The Balaban J connectivity index is 1.91. The Kier molecular flexibility index (Phi) is 6.35. The van der Waals surface area contributed by atoms with Crippen molar-refractivity contribution >= 4 is 11.3 Å². The molecule has 1 heterocycles. The molecule has 3 heteroatoms. The van der Waals surface area contributed by atoms with E-state index in [1.807, 2.05) is 11.3 Å². The Labute approximate surface area is 122 Å². The molecule has 19 heavy (non-hydrogen) atoms. The van der Waals surface area contributed by atoms with E-state index in [9.17, 15) is 0 Å². The van der Waals surface area contributed by atoms with E-state index < -0.39 is 0 Å². The van der Waals surface area contributed by atoms with Crippen molar-refractivity contribution in [3.8, 4) is 0 Å². The number of rotatable bonds is 6. The van der Waals surface area contributed by atoms with Crippen LogP contribution in [0.25, 0.3) is 0 Å². The van der Waals surface area contributed by atoms with Gasteiger partial charge in [0.15, 0.2) is 0 Å². The standard InChI is InChI=1S/C16H28N2S/c1-3-18(13-15-9-7-11-19-15)12-14-8-5-4-6-10-16(14)17-2/h7,9,11,14,16-17H,3-6,8,10,12-13H2,1-2H3. The fourth-order valence-corrected chi connectivity index (χ4v) is 3.99. The van der Waals surface area contributed by atoms with Crippen LogP contribution in [0.3, 0.4) is 0 Å². The van der Waals surface area contributed by atoms with E-state index in [2.05, 4.69) is 41.7 Å². The summed E-state index contributed by atoms with van der Waals surface area (Å²) in [4.78, 5) is 4.11. The van der Waals surface area contributed by atoms with Crippen LogP contribution in [-0.4, -0.2) is 31.1 Å². The third kappa shape index (κ3) is 4.59. The van der Waals surface area contributed by atoms with Crippen LogP contribution in [0.15, 0.2) is 17.5 Å². The van der Waals surface area contributed by atoms with Crippen molar-refractivity contribution in [2.45, 2.75) is 51.6 Å². The number of thiophene rings is 1. The maximum Gasteiger partial charge on any atom is 0.0327 e. The molecule has 1 fully saturated rings. The topological polar surface area (TPSA) is 15.3 Å². The maximum absolute atomic E-state index is 3.56. The minimum absolute atomic E-state index is 0.722. The summed E-state index contributed by atoms with van der Waals surface area (Å²) in [5.41, 5.74) is 0. The van der Waals surface area contributed by atoms with Crippen molar-refractivity contribution in [1.82, 2.24) is 10.2 Å². The average Bonchev–Trinajstić information content (AvgIpc) is 2.83. The predicted molar refractivity (Wildman–Crippen MR) is 84.7 cm³/mol. The first-order chi connectivity index (χ1) is 9.33. The molecule has 1 aliphatic rings. The molecule has 2 nitrogen and oxygen atoms in total. The van der Waals surface area contributed by atoms with Crippen molar-refractivity contribution in [1.29, 1.82) is 0 Å². The first kappa shape index (κ1) is 15.0. The number of hydrogen-bond acceptors (Lipinski definition) is 3. The fraction of sp³-hybridized carbons (Fsp3) is 0.750. The van der Waals surface area contributed by atoms with Gasteiger partial charge in [0, 0.05) is 24.0 Å². The molecule has 2 rings (SSSR count). The van der Waals surface area contributed by atoms with E-state index in [-0.39, 0.29) is 0 Å². The van der Waals surface area contributed by atoms with E-state index in [1.54, 1.807) is 0 Å². The van der Waals surface area contributed by atoms with Crippen LogP contribution in [0, 0.1) is 5.92 Å². The zero-order chi connectivity index (χ0) is 13.5. The smallest absolute Gasteiger partial charge is 0.0327 e. The molecule has 1 aromatic heterocycles. The molecule has 0 aliphatic heterocycles. The lowest BCUT2D eigenvalue weighted by Gasteiger charge is -2.30. The van der Waals surface area contributed by atoms with Crippen molar-refractivity contribution in [2.75, 3.05) is 20.1 Å². The van der Waals surface area contributed by atoms with Crippen LogP contribution in [0.5, 0.6) is 0 Å². The van der Waals surface area contributed by atoms with Gasteiger partial charge in [-0.25, -0.2) is 0 Å². The first-order valence-corrected chi connectivity index (χ1v) is 8.63. The summed E-state index contributed by atoms with van der Waals surface area (Å²) in [5, 5.41) is 5.74. The van der Waals surface area contributed by atoms with Crippen LogP contribution < -0.4 is 5.32 Å². The van der Waals surface area contributed by atoms with Gasteiger partial charge in [-0.1, -0.05) is 32.3 Å². The lowest BCUT2D eigenvalue weighted by atomic mass is 9.94. The number of nitrogens with zero attached hydrogens (tertiary/aromatic N) is 1. The SMILES string of the molecule is CCN(Cc1cccs1)CC1CCCCCC1NC. The Bertz CT molecular complexity index is 337. The van der Waals surface area contributed by atoms with Gasteiger partial charge in [-0.05, 0) is 43.8 Å². The van der Waals surface area contributed by atoms with E-state index >= 15 is 0 Å². The highest BCUT2D eigenvalue weighted by molar-refractivity contribution is 7.09. The Morgan fingerprint density at radius 2 is 2.16 bits per heavy atom. The zero-order valence-corrected chi connectivity index (χ0v) is 13.2. The molecule has 2 unspecified atom stereocenters. The van der Waals surface area contributed by atoms with Crippen LogP contribution >= 0.6 is 11.3 Å². The van der Waals surface area contributed by atoms with Gasteiger partial charge >= 0.3 is 0 Å². The number of hydrogen-bond donors (Lipinski definition) is 1. The van der Waals surface area contributed by atoms with Crippen molar-refractivity contribution in [3.05, 3.63) is 22.4 Å². The lowest BCUT2D eigenvalue weighted by molar-refractivity contribution is 0.199. The summed E-state index contributed by atoms with van der Waals surface area (Å²) in [6.45, 7) is 5.82. The minimum atomic E-state index is 0.722. The molecule has 0 radical (unpaired) electrons. The summed E-state index contributed by atoms with van der Waals surface area (Å²) >= 11 is 1.88. The van der Waals surface area contributed by atoms with Crippen LogP contribution in [0.4, 0.5) is 0 Å². The largest absolute Gasteiger partial charge is 0.317 e. The average molecular weight is 280 g/mol. The van der Waals surface area contributed by atoms with Gasteiger partial charge in [0.05, 0.1) is 0 Å². The summed E-state index contributed by atoms with van der Waals surface area (Å²) in [5.74, 6) is 0.826. The third-order valence-corrected chi connectivity index (χ3v) is 5.29. The first-order valence-electron chi connectivity index (χ1n) is 7.75. The molecule has 0 spiro atoms. The van der Waals surface area contributed by atoms with E-state index in [1.165, 1.54) is 43.5 Å². The second-order valence-electron chi connectivity index (χ2n) is 5.70. The van der Waals surface area contributed by atoms with Gasteiger partial charge in [-0.3, -0.25) is 4.90 Å². The molecule has 0 aromatic carbocycles. The Morgan fingerprint density at radius 1 is 1.32 bits per heavy atom. The summed E-state index contributed by atoms with van der Waals surface area (Å²) in [6, 6.07) is 5.14. The van der Waals surface area contributed by atoms with Gasteiger partial charge in [0.1, 0.15) is 0 Å². The van der Waals surface area contributed by atoms with Gasteiger partial charge in [0.2, 0.25) is 0 Å². The molecule has 1 aliphatic carbocycles. The quantitative estimate of drug-likeness (QED) is 0.799. The summed E-state index contributed by atoms with van der Waals surface area (Å²) < 4.78 is 0. The van der Waals surface area contributed by atoms with E-state index in [4.69, 9.17) is 0 Å². The molecule has 0 bridgehead atoms. The van der Waals surface area contributed by atoms with Crippen molar-refractivity contribution < 1.29 is 0 Å². The molecular weight excluding hydrogens is 252 g/mol. The molecule has 0 amide bonds. The Morgan fingerprint density at radius 3 is 2.84 bits per heavy atom. The van der Waals surface area contributed by atoms with Crippen LogP contribution in [0.2, 0.25) is 0 Å². The molecule has 0 saturated heterocycles. The van der Waals surface area contributed by atoms with Crippen molar-refractivity contribution in [2.24, 2.45) is 5.92 Å². The third-order valence-electron chi connectivity index (χ3n) is 4.43. The van der Waals surface area contributed by atoms with Gasteiger partial charge in [-0.15, -0.1) is 11.3 Å². The molecular formula is C16H28N2S. The van der Waals surface area contributed by atoms with Gasteiger partial charge in [0.25, 0.3) is 0 Å². The maximum atomic E-state index is 3.56. The molecule has 1 N–H and O–H groups in total. The monoisotopic (exact) mass is 280 g/mol. The predicted octanol–water partition coefficient (Wildman–Crippen LogP) is 3.74. The highest BCUT2D eigenvalue weighted by Gasteiger charge is 2.24. The second-order valence-corrected chi connectivity index (χ2v) is 6.73. The van der Waals surface area contributed by atoms with E-state index in [0.717, 1.165) is 25.0 Å². The molecule has 1 aromatic rings. The summed E-state index contributed by atoms with van der Waals surface area (Å²) in [6.07, 6.45) is 6.99. The lowest BCUT2D eigenvalue weighted by Crippen LogP contribution is -2.40. The zero-order valence-electron chi connectivity index (χ0n) is 12.4. The Hall–Kier alpha value is -0.380. The number of nitrogens with one attached hydrogen (secondary N) is 1. The molecule has 1 saturated carbocycles.